The molecule has 0 bridgehead atoms. The molecule has 2 heterocycles. The molecule has 0 aromatic carbocycles. The minimum Gasteiger partial charge on any atom is -0.375 e. The number of nitrogen functional groups attached to an aromatic ring is 1. The van der Waals surface area contributed by atoms with Crippen molar-refractivity contribution in [3.8, 4) is 0 Å². The molecule has 0 radical (unpaired) electrons. The highest BCUT2D eigenvalue weighted by atomic mass is 32.1. The molecule has 2 rings (SSSR count). The van der Waals surface area contributed by atoms with Crippen LogP contribution in [0.1, 0.15) is 36.7 Å². The molecule has 1 aromatic heterocycles. The Bertz CT molecular complexity index is 377. The highest BCUT2D eigenvalue weighted by molar-refractivity contribution is 7.13. The molecule has 0 aliphatic carbocycles. The summed E-state index contributed by atoms with van der Waals surface area (Å²) in [6.07, 6.45) is 3.48. The number of hydrogen-bond donors (Lipinski definition) is 1. The summed E-state index contributed by atoms with van der Waals surface area (Å²) in [5.41, 5.74) is 6.04. The van der Waals surface area contributed by atoms with E-state index in [0.29, 0.717) is 16.7 Å². The summed E-state index contributed by atoms with van der Waals surface area (Å²) in [7, 11) is 0. The van der Waals surface area contributed by atoms with Crippen LogP contribution in [-0.4, -0.2) is 28.9 Å². The summed E-state index contributed by atoms with van der Waals surface area (Å²) >= 11 is 1.32. The summed E-state index contributed by atoms with van der Waals surface area (Å²) in [4.78, 5) is 18.0. The lowest BCUT2D eigenvalue weighted by molar-refractivity contribution is 0.0666. The zero-order valence-electron chi connectivity index (χ0n) is 9.48. The zero-order chi connectivity index (χ0) is 11.5. The molecule has 1 aliphatic heterocycles. The van der Waals surface area contributed by atoms with Crippen LogP contribution in [0.5, 0.6) is 0 Å². The van der Waals surface area contributed by atoms with Crippen molar-refractivity contribution in [2.75, 3.05) is 18.8 Å². The van der Waals surface area contributed by atoms with E-state index in [4.69, 9.17) is 5.73 Å². The van der Waals surface area contributed by atoms with Crippen LogP contribution >= 0.6 is 11.3 Å². The van der Waals surface area contributed by atoms with E-state index < -0.39 is 0 Å². The Kier molecular flexibility index (Phi) is 3.43. The maximum absolute atomic E-state index is 12.1. The van der Waals surface area contributed by atoms with Crippen molar-refractivity contribution in [1.82, 2.24) is 9.88 Å². The lowest BCUT2D eigenvalue weighted by Crippen LogP contribution is -2.39. The molecule has 1 fully saturated rings. The van der Waals surface area contributed by atoms with E-state index in [1.165, 1.54) is 17.8 Å². The van der Waals surface area contributed by atoms with Gasteiger partial charge in [-0.15, -0.1) is 11.3 Å². The number of nitrogens with two attached hydrogens (primary N) is 1. The van der Waals surface area contributed by atoms with Gasteiger partial charge in [-0.05, 0) is 18.8 Å². The summed E-state index contributed by atoms with van der Waals surface area (Å²) in [5, 5.41) is 2.21. The predicted molar refractivity (Wildman–Crippen MR) is 65.4 cm³/mol. The Labute approximate surface area is 99.5 Å². The fourth-order valence-corrected chi connectivity index (χ4v) is 2.67. The average molecular weight is 239 g/mol. The number of amides is 1. The van der Waals surface area contributed by atoms with E-state index in [1.54, 1.807) is 5.38 Å². The van der Waals surface area contributed by atoms with Gasteiger partial charge in [-0.2, -0.15) is 0 Å². The van der Waals surface area contributed by atoms with Gasteiger partial charge in [-0.3, -0.25) is 4.79 Å². The first-order valence-electron chi connectivity index (χ1n) is 5.71. The van der Waals surface area contributed by atoms with Crippen LogP contribution in [0.4, 0.5) is 5.13 Å². The molecular formula is C11H17N3OS. The molecule has 1 aliphatic rings. The second-order valence-corrected chi connectivity index (χ2v) is 5.13. The molecule has 4 nitrogen and oxygen atoms in total. The number of carbonyl (C=O) groups is 1. The van der Waals surface area contributed by atoms with Gasteiger partial charge in [0.1, 0.15) is 5.69 Å². The van der Waals surface area contributed by atoms with E-state index in [-0.39, 0.29) is 5.91 Å². The van der Waals surface area contributed by atoms with Gasteiger partial charge in [0.25, 0.3) is 5.91 Å². The molecular weight excluding hydrogens is 222 g/mol. The van der Waals surface area contributed by atoms with E-state index in [9.17, 15) is 4.79 Å². The Balaban J connectivity index is 2.04. The van der Waals surface area contributed by atoms with Gasteiger partial charge in [0.15, 0.2) is 5.13 Å². The molecule has 5 heteroatoms. The molecule has 1 saturated heterocycles. The van der Waals surface area contributed by atoms with Gasteiger partial charge in [0.05, 0.1) is 0 Å². The Hall–Kier alpha value is -1.10. The van der Waals surface area contributed by atoms with Crippen molar-refractivity contribution in [3.63, 3.8) is 0 Å². The smallest absolute Gasteiger partial charge is 0.273 e. The molecule has 1 aromatic rings. The molecule has 1 unspecified atom stereocenters. The monoisotopic (exact) mass is 239 g/mol. The van der Waals surface area contributed by atoms with Gasteiger partial charge in [-0.1, -0.05) is 13.3 Å². The Morgan fingerprint density at radius 1 is 1.75 bits per heavy atom. The SMILES string of the molecule is CCC1CCCN(C(=O)c2csc(N)n2)C1. The summed E-state index contributed by atoms with van der Waals surface area (Å²) in [5.74, 6) is 0.680. The number of rotatable bonds is 2. The van der Waals surface area contributed by atoms with Crippen molar-refractivity contribution < 1.29 is 4.79 Å². The summed E-state index contributed by atoms with van der Waals surface area (Å²) in [6, 6.07) is 0. The van der Waals surface area contributed by atoms with Gasteiger partial charge >= 0.3 is 0 Å². The van der Waals surface area contributed by atoms with Crippen molar-refractivity contribution in [3.05, 3.63) is 11.1 Å². The third-order valence-electron chi connectivity index (χ3n) is 3.12. The normalized spacial score (nSPS) is 21.1. The first-order valence-corrected chi connectivity index (χ1v) is 6.59. The van der Waals surface area contributed by atoms with Crippen molar-refractivity contribution in [2.24, 2.45) is 5.92 Å². The second kappa shape index (κ2) is 4.82. The largest absolute Gasteiger partial charge is 0.375 e. The van der Waals surface area contributed by atoms with E-state index in [0.717, 1.165) is 25.9 Å². The number of thiazole rings is 1. The van der Waals surface area contributed by atoms with Crippen LogP contribution in [0, 0.1) is 5.92 Å². The first-order chi connectivity index (χ1) is 7.70. The van der Waals surface area contributed by atoms with Gasteiger partial charge < -0.3 is 10.6 Å². The van der Waals surface area contributed by atoms with Crippen molar-refractivity contribution in [1.29, 1.82) is 0 Å². The van der Waals surface area contributed by atoms with Crippen LogP contribution in [0.25, 0.3) is 0 Å². The first kappa shape index (κ1) is 11.4. The Morgan fingerprint density at radius 3 is 3.19 bits per heavy atom. The predicted octanol–water partition coefficient (Wildman–Crippen LogP) is 1.99. The van der Waals surface area contributed by atoms with E-state index >= 15 is 0 Å². The van der Waals surface area contributed by atoms with Crippen molar-refractivity contribution >= 4 is 22.4 Å². The van der Waals surface area contributed by atoms with Crippen LogP contribution in [0.2, 0.25) is 0 Å². The maximum Gasteiger partial charge on any atom is 0.273 e. The number of carbonyl (C=O) groups excluding carboxylic acids is 1. The summed E-state index contributed by atoms with van der Waals surface area (Å²) in [6.45, 7) is 3.90. The number of nitrogens with zero attached hydrogens (tertiary/aromatic N) is 2. The Morgan fingerprint density at radius 2 is 2.56 bits per heavy atom. The fourth-order valence-electron chi connectivity index (χ4n) is 2.13. The highest BCUT2D eigenvalue weighted by Gasteiger charge is 2.24. The van der Waals surface area contributed by atoms with Crippen LogP contribution in [0.15, 0.2) is 5.38 Å². The quantitative estimate of drug-likeness (QED) is 0.858. The number of anilines is 1. The van der Waals surface area contributed by atoms with Gasteiger partial charge in [0, 0.05) is 18.5 Å². The van der Waals surface area contributed by atoms with E-state index in [2.05, 4.69) is 11.9 Å². The minimum atomic E-state index is 0.0334. The fraction of sp³-hybridized carbons (Fsp3) is 0.636. The zero-order valence-corrected chi connectivity index (χ0v) is 10.3. The van der Waals surface area contributed by atoms with E-state index in [1.807, 2.05) is 4.90 Å². The molecule has 88 valence electrons. The molecule has 0 saturated carbocycles. The average Bonchev–Trinajstić information content (AvgIpc) is 2.75. The third kappa shape index (κ3) is 2.35. The number of hydrogen-bond acceptors (Lipinski definition) is 4. The second-order valence-electron chi connectivity index (χ2n) is 4.24. The minimum absolute atomic E-state index is 0.0334. The molecule has 1 atom stereocenters. The molecule has 1 amide bonds. The topological polar surface area (TPSA) is 59.2 Å². The maximum atomic E-state index is 12.1. The van der Waals surface area contributed by atoms with Crippen LogP contribution in [-0.2, 0) is 0 Å². The number of likely N-dealkylation sites (tertiary alicyclic amines) is 1. The lowest BCUT2D eigenvalue weighted by Gasteiger charge is -2.31. The third-order valence-corrected chi connectivity index (χ3v) is 3.80. The van der Waals surface area contributed by atoms with Crippen LogP contribution < -0.4 is 5.73 Å². The van der Waals surface area contributed by atoms with Crippen molar-refractivity contribution in [2.45, 2.75) is 26.2 Å². The number of piperidine rings is 1. The van der Waals surface area contributed by atoms with Gasteiger partial charge in [0.2, 0.25) is 0 Å². The number of aromatic nitrogens is 1. The highest BCUT2D eigenvalue weighted by Crippen LogP contribution is 2.21. The molecule has 16 heavy (non-hydrogen) atoms. The molecule has 0 spiro atoms. The molecule has 2 N–H and O–H groups in total. The standard InChI is InChI=1S/C11H17N3OS/c1-2-8-4-3-5-14(6-8)10(15)9-7-16-11(12)13-9/h7-8H,2-6H2,1H3,(H2,12,13). The summed E-state index contributed by atoms with van der Waals surface area (Å²) < 4.78 is 0. The van der Waals surface area contributed by atoms with Gasteiger partial charge in [-0.25, -0.2) is 4.98 Å². The lowest BCUT2D eigenvalue weighted by atomic mass is 9.95. The van der Waals surface area contributed by atoms with Crippen LogP contribution in [0.3, 0.4) is 0 Å².